The van der Waals surface area contributed by atoms with Crippen molar-refractivity contribution in [2.24, 2.45) is 5.92 Å². The molecule has 1 heterocycles. The lowest BCUT2D eigenvalue weighted by molar-refractivity contribution is -0.139. The summed E-state index contributed by atoms with van der Waals surface area (Å²) in [5.41, 5.74) is 0.631. The van der Waals surface area contributed by atoms with E-state index < -0.39 is 0 Å². The fourth-order valence-electron chi connectivity index (χ4n) is 3.18. The molecule has 1 saturated heterocycles. The van der Waals surface area contributed by atoms with Gasteiger partial charge in [-0.25, -0.2) is 0 Å². The third-order valence-corrected chi connectivity index (χ3v) is 4.74. The van der Waals surface area contributed by atoms with E-state index in [9.17, 15) is 14.4 Å². The molecule has 3 amide bonds. The molecule has 134 valence electrons. The molecule has 0 bridgehead atoms. The van der Waals surface area contributed by atoms with Crippen LogP contribution in [0.2, 0.25) is 0 Å². The zero-order chi connectivity index (χ0) is 17.6. The minimum absolute atomic E-state index is 0.0686. The molecule has 1 saturated carbocycles. The summed E-state index contributed by atoms with van der Waals surface area (Å²) in [5.74, 6) is 0.124. The van der Waals surface area contributed by atoms with Crippen LogP contribution in [0.3, 0.4) is 0 Å². The topological polar surface area (TPSA) is 78.5 Å². The Morgan fingerprint density at radius 3 is 2.44 bits per heavy atom. The second-order valence-corrected chi connectivity index (χ2v) is 6.73. The summed E-state index contributed by atoms with van der Waals surface area (Å²) in [6, 6.07) is 8.74. The molecule has 2 aliphatic rings. The van der Waals surface area contributed by atoms with E-state index >= 15 is 0 Å². The molecule has 25 heavy (non-hydrogen) atoms. The van der Waals surface area contributed by atoms with Crippen LogP contribution in [0.25, 0.3) is 0 Å². The minimum Gasteiger partial charge on any atom is -0.354 e. The lowest BCUT2D eigenvalue weighted by Crippen LogP contribution is -2.46. The molecule has 1 aliphatic heterocycles. The smallest absolute Gasteiger partial charge is 0.251 e. The molecule has 3 rings (SSSR count). The Morgan fingerprint density at radius 1 is 1.00 bits per heavy atom. The lowest BCUT2D eigenvalue weighted by atomic mass is 10.2. The standard InChI is InChI=1S/C19H25N3O3/c23-17(14-6-2-1-3-7-14)20-11-5-12-21-18(24)16-8-4-13-22(16)19(25)15-9-10-15/h1-3,6-7,15-16H,4-5,8-13H2,(H,20,23)(H,21,24)/t16-/m0/s1. The monoisotopic (exact) mass is 343 g/mol. The number of likely N-dealkylation sites (tertiary alicyclic amines) is 1. The highest BCUT2D eigenvalue weighted by molar-refractivity contribution is 5.94. The van der Waals surface area contributed by atoms with E-state index in [1.54, 1.807) is 17.0 Å². The van der Waals surface area contributed by atoms with Gasteiger partial charge in [-0.1, -0.05) is 18.2 Å². The van der Waals surface area contributed by atoms with E-state index in [0.717, 1.165) is 25.7 Å². The fourth-order valence-corrected chi connectivity index (χ4v) is 3.18. The molecule has 1 aromatic rings. The molecule has 1 aliphatic carbocycles. The van der Waals surface area contributed by atoms with Gasteiger partial charge in [0.1, 0.15) is 6.04 Å². The molecule has 0 radical (unpaired) electrons. The van der Waals surface area contributed by atoms with Crippen molar-refractivity contribution in [2.45, 2.75) is 38.1 Å². The van der Waals surface area contributed by atoms with Crippen molar-refractivity contribution >= 4 is 17.7 Å². The molecule has 2 fully saturated rings. The van der Waals surface area contributed by atoms with Crippen molar-refractivity contribution in [2.75, 3.05) is 19.6 Å². The molecule has 1 aromatic carbocycles. The molecule has 0 unspecified atom stereocenters. The third kappa shape index (κ3) is 4.59. The van der Waals surface area contributed by atoms with Gasteiger partial charge in [0.25, 0.3) is 5.91 Å². The van der Waals surface area contributed by atoms with Crippen LogP contribution >= 0.6 is 0 Å². The van der Waals surface area contributed by atoms with Gasteiger partial charge in [-0.3, -0.25) is 14.4 Å². The molecule has 1 atom stereocenters. The quantitative estimate of drug-likeness (QED) is 0.733. The summed E-state index contributed by atoms with van der Waals surface area (Å²) in [6.07, 6.45) is 4.22. The van der Waals surface area contributed by atoms with Crippen LogP contribution < -0.4 is 10.6 Å². The van der Waals surface area contributed by atoms with E-state index in [0.29, 0.717) is 31.6 Å². The summed E-state index contributed by atoms with van der Waals surface area (Å²) in [4.78, 5) is 38.2. The Kier molecular flexibility index (Phi) is 5.68. The van der Waals surface area contributed by atoms with Gasteiger partial charge in [0.2, 0.25) is 11.8 Å². The van der Waals surface area contributed by atoms with Gasteiger partial charge in [-0.15, -0.1) is 0 Å². The first-order valence-corrected chi connectivity index (χ1v) is 9.08. The van der Waals surface area contributed by atoms with Gasteiger partial charge < -0.3 is 15.5 Å². The van der Waals surface area contributed by atoms with Gasteiger partial charge in [0.15, 0.2) is 0 Å². The van der Waals surface area contributed by atoms with Crippen LogP contribution in [0.15, 0.2) is 30.3 Å². The number of nitrogens with zero attached hydrogens (tertiary/aromatic N) is 1. The van der Waals surface area contributed by atoms with Crippen LogP contribution in [0.1, 0.15) is 42.5 Å². The predicted molar refractivity (Wildman–Crippen MR) is 93.9 cm³/mol. The highest BCUT2D eigenvalue weighted by Gasteiger charge is 2.40. The van der Waals surface area contributed by atoms with E-state index in [1.807, 2.05) is 18.2 Å². The molecule has 2 N–H and O–H groups in total. The lowest BCUT2D eigenvalue weighted by Gasteiger charge is -2.24. The second-order valence-electron chi connectivity index (χ2n) is 6.73. The molecule has 6 nitrogen and oxygen atoms in total. The summed E-state index contributed by atoms with van der Waals surface area (Å²) in [5, 5.41) is 5.74. The average Bonchev–Trinajstić information content (AvgIpc) is 3.37. The maximum absolute atomic E-state index is 12.3. The Bertz CT molecular complexity index is 628. The highest BCUT2D eigenvalue weighted by atomic mass is 16.2. The Balaban J connectivity index is 1.35. The van der Waals surface area contributed by atoms with Crippen molar-refractivity contribution in [1.29, 1.82) is 0 Å². The van der Waals surface area contributed by atoms with E-state index in [1.165, 1.54) is 0 Å². The van der Waals surface area contributed by atoms with E-state index in [2.05, 4.69) is 10.6 Å². The number of amides is 3. The van der Waals surface area contributed by atoms with Crippen molar-refractivity contribution in [3.8, 4) is 0 Å². The normalized spacial score (nSPS) is 19.5. The zero-order valence-corrected chi connectivity index (χ0v) is 14.4. The number of rotatable bonds is 7. The van der Waals surface area contributed by atoms with Crippen LogP contribution in [0.4, 0.5) is 0 Å². The van der Waals surface area contributed by atoms with Crippen LogP contribution in [-0.4, -0.2) is 48.3 Å². The average molecular weight is 343 g/mol. The Morgan fingerprint density at radius 2 is 1.72 bits per heavy atom. The highest BCUT2D eigenvalue weighted by Crippen LogP contribution is 2.33. The number of carbonyl (C=O) groups excluding carboxylic acids is 3. The summed E-state index contributed by atoms with van der Waals surface area (Å²) in [6.45, 7) is 1.69. The van der Waals surface area contributed by atoms with Crippen molar-refractivity contribution in [3.05, 3.63) is 35.9 Å². The molecule has 0 aromatic heterocycles. The second kappa shape index (κ2) is 8.14. The van der Waals surface area contributed by atoms with E-state index in [-0.39, 0.29) is 29.7 Å². The van der Waals surface area contributed by atoms with Gasteiger partial charge in [-0.05, 0) is 44.2 Å². The molecule has 6 heteroatoms. The number of nitrogens with one attached hydrogen (secondary N) is 2. The van der Waals surface area contributed by atoms with E-state index in [4.69, 9.17) is 0 Å². The van der Waals surface area contributed by atoms with Gasteiger partial charge in [0, 0.05) is 31.1 Å². The first kappa shape index (κ1) is 17.5. The zero-order valence-electron chi connectivity index (χ0n) is 14.4. The largest absolute Gasteiger partial charge is 0.354 e. The molecular weight excluding hydrogens is 318 g/mol. The van der Waals surface area contributed by atoms with Crippen LogP contribution in [0.5, 0.6) is 0 Å². The summed E-state index contributed by atoms with van der Waals surface area (Å²) >= 11 is 0. The van der Waals surface area contributed by atoms with Crippen molar-refractivity contribution in [3.63, 3.8) is 0 Å². The minimum atomic E-state index is -0.313. The Labute approximate surface area is 148 Å². The fraction of sp³-hybridized carbons (Fsp3) is 0.526. The number of hydrogen-bond donors (Lipinski definition) is 2. The SMILES string of the molecule is O=C(NCCCNC(=O)[C@@H]1CCCN1C(=O)C1CC1)c1ccccc1. The predicted octanol–water partition coefficient (Wildman–Crippen LogP) is 1.32. The van der Waals surface area contributed by atoms with Gasteiger partial charge in [-0.2, -0.15) is 0 Å². The number of carbonyl (C=O) groups is 3. The van der Waals surface area contributed by atoms with Crippen LogP contribution in [0, 0.1) is 5.92 Å². The number of hydrogen-bond acceptors (Lipinski definition) is 3. The van der Waals surface area contributed by atoms with Crippen molar-refractivity contribution in [1.82, 2.24) is 15.5 Å². The van der Waals surface area contributed by atoms with Gasteiger partial charge >= 0.3 is 0 Å². The third-order valence-electron chi connectivity index (χ3n) is 4.74. The maximum atomic E-state index is 12.3. The Hall–Kier alpha value is -2.37. The van der Waals surface area contributed by atoms with Crippen molar-refractivity contribution < 1.29 is 14.4 Å². The maximum Gasteiger partial charge on any atom is 0.251 e. The van der Waals surface area contributed by atoms with Crippen LogP contribution in [-0.2, 0) is 9.59 Å². The van der Waals surface area contributed by atoms with Gasteiger partial charge in [0.05, 0.1) is 0 Å². The summed E-state index contributed by atoms with van der Waals surface area (Å²) < 4.78 is 0. The summed E-state index contributed by atoms with van der Waals surface area (Å²) in [7, 11) is 0. The first-order chi connectivity index (χ1) is 12.2. The number of benzene rings is 1. The molecular formula is C19H25N3O3. The first-order valence-electron chi connectivity index (χ1n) is 9.08. The molecule has 0 spiro atoms.